The summed E-state index contributed by atoms with van der Waals surface area (Å²) in [5, 5.41) is 19.1. The lowest BCUT2D eigenvalue weighted by molar-refractivity contribution is -0.120. The maximum Gasteiger partial charge on any atom is 0.250 e. The van der Waals surface area contributed by atoms with Crippen molar-refractivity contribution < 1.29 is 21.6 Å². The lowest BCUT2D eigenvalue weighted by Gasteiger charge is -2.37. The van der Waals surface area contributed by atoms with Gasteiger partial charge in [0.2, 0.25) is 15.9 Å². The molecule has 1 amide bonds. The number of rotatable bonds is 7. The Bertz CT molecular complexity index is 1550. The molecule has 12 heteroatoms. The molecule has 10 nitrogen and oxygen atoms in total. The number of hydrogen-bond acceptors (Lipinski definition) is 7. The van der Waals surface area contributed by atoms with E-state index in [1.54, 1.807) is 66.7 Å². The van der Waals surface area contributed by atoms with Gasteiger partial charge in [0.1, 0.15) is 11.4 Å². The summed E-state index contributed by atoms with van der Waals surface area (Å²) in [6.07, 6.45) is 0.122. The van der Waals surface area contributed by atoms with Gasteiger partial charge in [0.15, 0.2) is 9.84 Å². The molecular weight excluding hydrogens is 514 g/mol. The molecule has 0 aromatic heterocycles. The summed E-state index contributed by atoms with van der Waals surface area (Å²) in [6.45, 7) is 0. The molecule has 0 aliphatic carbocycles. The molecule has 1 heterocycles. The molecule has 7 N–H and O–H groups in total. The highest BCUT2D eigenvalue weighted by Crippen LogP contribution is 2.31. The van der Waals surface area contributed by atoms with Crippen molar-refractivity contribution in [2.45, 2.75) is 23.3 Å². The van der Waals surface area contributed by atoms with Gasteiger partial charge < -0.3 is 16.4 Å². The molecule has 0 atom stereocenters. The highest BCUT2D eigenvalue weighted by molar-refractivity contribution is 7.91. The standard InChI is InChI=1S/C25H27N5O5S2/c26-23(27)18-4-3-5-20(16-18)30-25(12-14-36(32,33)15-13-25)24(31)29-19-10-8-17(9-11-19)21-6-1-2-7-22(21)37(28,34)35/h1-11,16,30H,12-15H2,(H3,26,27)(H,29,31)(H2,28,34,35). The zero-order valence-electron chi connectivity index (χ0n) is 19.8. The third kappa shape index (κ3) is 5.98. The van der Waals surface area contributed by atoms with Gasteiger partial charge in [-0.2, -0.15) is 0 Å². The first-order valence-corrected chi connectivity index (χ1v) is 14.7. The van der Waals surface area contributed by atoms with Gasteiger partial charge in [-0.1, -0.05) is 42.5 Å². The maximum atomic E-state index is 13.5. The van der Waals surface area contributed by atoms with Crippen LogP contribution in [0.5, 0.6) is 0 Å². The SMILES string of the molecule is N=C(N)c1cccc(NC2(C(=O)Nc3ccc(-c4ccccc4S(N)(=O)=O)cc3)CCS(=O)(=O)CC2)c1. The predicted molar refractivity (Wildman–Crippen MR) is 144 cm³/mol. The van der Waals surface area contributed by atoms with Crippen LogP contribution in [0.2, 0.25) is 0 Å². The van der Waals surface area contributed by atoms with Gasteiger partial charge in [0.05, 0.1) is 16.4 Å². The molecule has 4 rings (SSSR count). The minimum atomic E-state index is -3.93. The number of sulfone groups is 1. The minimum absolute atomic E-state index is 0.00820. The van der Waals surface area contributed by atoms with Crippen LogP contribution in [0.1, 0.15) is 18.4 Å². The average Bonchev–Trinajstić information content (AvgIpc) is 2.85. The molecule has 3 aromatic carbocycles. The summed E-state index contributed by atoms with van der Waals surface area (Å²) in [7, 11) is -7.19. The quantitative estimate of drug-likeness (QED) is 0.224. The van der Waals surface area contributed by atoms with Crippen LogP contribution in [0.3, 0.4) is 0 Å². The summed E-state index contributed by atoms with van der Waals surface area (Å²) in [5.41, 5.74) is 6.88. The van der Waals surface area contributed by atoms with Crippen molar-refractivity contribution in [3.8, 4) is 11.1 Å². The van der Waals surface area contributed by atoms with Gasteiger partial charge in [-0.15, -0.1) is 0 Å². The van der Waals surface area contributed by atoms with Gasteiger partial charge >= 0.3 is 0 Å². The Hall–Kier alpha value is -3.74. The number of nitrogens with one attached hydrogen (secondary N) is 3. The highest BCUT2D eigenvalue weighted by atomic mass is 32.2. The van der Waals surface area contributed by atoms with E-state index >= 15 is 0 Å². The fourth-order valence-electron chi connectivity index (χ4n) is 4.27. The van der Waals surface area contributed by atoms with E-state index in [9.17, 15) is 21.6 Å². The molecule has 37 heavy (non-hydrogen) atoms. The Morgan fingerprint density at radius 3 is 2.19 bits per heavy atom. The lowest BCUT2D eigenvalue weighted by Crippen LogP contribution is -2.54. The number of carbonyl (C=O) groups excluding carboxylic acids is 1. The number of primary sulfonamides is 1. The number of nitrogens with two attached hydrogens (primary N) is 2. The maximum absolute atomic E-state index is 13.5. The van der Waals surface area contributed by atoms with Gasteiger partial charge in [0.25, 0.3) is 0 Å². The molecule has 0 unspecified atom stereocenters. The number of carbonyl (C=O) groups is 1. The first-order chi connectivity index (χ1) is 17.4. The second kappa shape index (κ2) is 9.96. The minimum Gasteiger partial charge on any atom is -0.384 e. The molecule has 0 saturated carbocycles. The van der Waals surface area contributed by atoms with Gasteiger partial charge in [-0.25, -0.2) is 22.0 Å². The van der Waals surface area contributed by atoms with E-state index in [-0.39, 0.29) is 35.1 Å². The zero-order valence-corrected chi connectivity index (χ0v) is 21.4. The monoisotopic (exact) mass is 541 g/mol. The van der Waals surface area contributed by atoms with Gasteiger partial charge in [0, 0.05) is 22.5 Å². The van der Waals surface area contributed by atoms with E-state index in [1.165, 1.54) is 6.07 Å². The first kappa shape index (κ1) is 26.3. The molecule has 1 saturated heterocycles. The molecule has 0 spiro atoms. The molecule has 3 aromatic rings. The van der Waals surface area contributed by atoms with Crippen molar-refractivity contribution in [1.29, 1.82) is 5.41 Å². The van der Waals surface area contributed by atoms with Crippen molar-refractivity contribution >= 4 is 43.0 Å². The molecule has 194 valence electrons. The highest BCUT2D eigenvalue weighted by Gasteiger charge is 2.43. The van der Waals surface area contributed by atoms with Crippen molar-refractivity contribution in [2.75, 3.05) is 22.1 Å². The molecule has 1 aliphatic rings. The molecular formula is C25H27N5O5S2. The van der Waals surface area contributed by atoms with Crippen LogP contribution in [0.4, 0.5) is 11.4 Å². The summed E-state index contributed by atoms with van der Waals surface area (Å²) in [4.78, 5) is 13.5. The number of amides is 1. The Morgan fingerprint density at radius 1 is 0.919 bits per heavy atom. The van der Waals surface area contributed by atoms with Crippen LogP contribution in [0.15, 0.2) is 77.7 Å². The summed E-state index contributed by atoms with van der Waals surface area (Å²) < 4.78 is 48.2. The fourth-order valence-corrected chi connectivity index (χ4v) is 6.56. The fraction of sp³-hybridized carbons (Fsp3) is 0.200. The smallest absolute Gasteiger partial charge is 0.250 e. The van der Waals surface area contributed by atoms with Crippen LogP contribution in [0, 0.1) is 5.41 Å². The Labute approximate surface area is 215 Å². The van der Waals surface area contributed by atoms with Gasteiger partial charge in [-0.05, 0) is 48.7 Å². The summed E-state index contributed by atoms with van der Waals surface area (Å²) >= 11 is 0. The second-order valence-electron chi connectivity index (χ2n) is 8.93. The molecule has 1 aliphatic heterocycles. The van der Waals surface area contributed by atoms with E-state index in [2.05, 4.69) is 10.6 Å². The van der Waals surface area contributed by atoms with Crippen LogP contribution < -0.4 is 21.5 Å². The van der Waals surface area contributed by atoms with Crippen LogP contribution >= 0.6 is 0 Å². The van der Waals surface area contributed by atoms with E-state index in [0.717, 1.165) is 0 Å². The Morgan fingerprint density at radius 2 is 1.57 bits per heavy atom. The summed E-state index contributed by atoms with van der Waals surface area (Å²) in [5.74, 6) is -0.836. The Balaban J connectivity index is 1.60. The van der Waals surface area contributed by atoms with Crippen molar-refractivity contribution in [3.63, 3.8) is 0 Å². The van der Waals surface area contributed by atoms with Crippen molar-refractivity contribution in [3.05, 3.63) is 78.4 Å². The molecule has 0 radical (unpaired) electrons. The van der Waals surface area contributed by atoms with Crippen molar-refractivity contribution in [2.24, 2.45) is 10.9 Å². The lowest BCUT2D eigenvalue weighted by atomic mass is 9.90. The number of amidine groups is 1. The van der Waals surface area contributed by atoms with Crippen LogP contribution in [0.25, 0.3) is 11.1 Å². The largest absolute Gasteiger partial charge is 0.384 e. The number of benzene rings is 3. The van der Waals surface area contributed by atoms with E-state index in [0.29, 0.717) is 28.1 Å². The molecule has 0 bridgehead atoms. The number of sulfonamides is 1. The third-order valence-corrected chi connectivity index (χ3v) is 8.94. The van der Waals surface area contributed by atoms with Crippen molar-refractivity contribution in [1.82, 2.24) is 0 Å². The second-order valence-corrected chi connectivity index (χ2v) is 12.8. The van der Waals surface area contributed by atoms with Gasteiger partial charge in [-0.3, -0.25) is 10.2 Å². The normalized spacial score (nSPS) is 16.5. The van der Waals surface area contributed by atoms with E-state index < -0.39 is 31.3 Å². The first-order valence-electron chi connectivity index (χ1n) is 11.4. The zero-order chi connectivity index (χ0) is 26.8. The average molecular weight is 542 g/mol. The predicted octanol–water partition coefficient (Wildman–Crippen LogP) is 2.28. The van der Waals surface area contributed by atoms with E-state index in [4.69, 9.17) is 16.3 Å². The van der Waals surface area contributed by atoms with Crippen LogP contribution in [-0.4, -0.2) is 45.6 Å². The molecule has 1 fully saturated rings. The Kier molecular flexibility index (Phi) is 7.09. The topological polar surface area (TPSA) is 185 Å². The third-order valence-electron chi connectivity index (χ3n) is 6.32. The number of anilines is 2. The van der Waals surface area contributed by atoms with Crippen LogP contribution in [-0.2, 0) is 24.7 Å². The number of nitrogen functional groups attached to an aromatic ring is 1. The van der Waals surface area contributed by atoms with E-state index in [1.807, 2.05) is 0 Å². The number of hydrogen-bond donors (Lipinski definition) is 5. The summed E-state index contributed by atoms with van der Waals surface area (Å²) in [6, 6.07) is 19.7.